The van der Waals surface area contributed by atoms with Crippen molar-refractivity contribution in [1.29, 1.82) is 5.26 Å². The average molecular weight is 238 g/mol. The molecule has 0 saturated carbocycles. The van der Waals surface area contributed by atoms with Gasteiger partial charge in [0.25, 0.3) is 0 Å². The number of rotatable bonds is 2. The van der Waals surface area contributed by atoms with Crippen LogP contribution in [0.3, 0.4) is 0 Å². The average Bonchev–Trinajstić information content (AvgIpc) is 2.03. The van der Waals surface area contributed by atoms with E-state index in [9.17, 15) is 0 Å². The monoisotopic (exact) mass is 237 g/mol. The molecule has 0 fully saturated rings. The maximum Gasteiger partial charge on any atom is 0.0669 e. The third-order valence-electron chi connectivity index (χ3n) is 1.93. The fourth-order valence-corrected chi connectivity index (χ4v) is 1.76. The Bertz CT molecular complexity index is 336. The van der Waals surface area contributed by atoms with Crippen molar-refractivity contribution < 1.29 is 0 Å². The van der Waals surface area contributed by atoms with Gasteiger partial charge in [-0.3, -0.25) is 0 Å². The lowest BCUT2D eigenvalue weighted by Crippen LogP contribution is -1.90. The molecule has 13 heavy (non-hydrogen) atoms. The van der Waals surface area contributed by atoms with Crippen LogP contribution in [0.2, 0.25) is 0 Å². The van der Waals surface area contributed by atoms with Gasteiger partial charge in [-0.05, 0) is 29.2 Å². The van der Waals surface area contributed by atoms with E-state index in [1.165, 1.54) is 5.56 Å². The molecular formula is C11H12BrN. The molecule has 1 aromatic carbocycles. The van der Waals surface area contributed by atoms with Crippen LogP contribution >= 0.6 is 15.9 Å². The van der Waals surface area contributed by atoms with Crippen LogP contribution in [0.5, 0.6) is 0 Å². The molecule has 0 N–H and O–H groups in total. The highest BCUT2D eigenvalue weighted by molar-refractivity contribution is 9.10. The molecule has 0 atom stereocenters. The van der Waals surface area contributed by atoms with Gasteiger partial charge >= 0.3 is 0 Å². The van der Waals surface area contributed by atoms with Gasteiger partial charge < -0.3 is 0 Å². The molecule has 0 amide bonds. The normalized spacial score (nSPS) is 10.1. The highest BCUT2D eigenvalue weighted by Gasteiger charge is 2.02. The minimum Gasteiger partial charge on any atom is -0.198 e. The summed E-state index contributed by atoms with van der Waals surface area (Å²) in [6.07, 6.45) is 0.485. The second kappa shape index (κ2) is 4.43. The van der Waals surface area contributed by atoms with Crippen LogP contribution in [0.1, 0.15) is 30.9 Å². The van der Waals surface area contributed by atoms with Crippen molar-refractivity contribution >= 4 is 15.9 Å². The van der Waals surface area contributed by atoms with Gasteiger partial charge in [0.2, 0.25) is 0 Å². The quantitative estimate of drug-likeness (QED) is 0.771. The molecule has 0 aliphatic rings. The Balaban J connectivity index is 3.05. The summed E-state index contributed by atoms with van der Waals surface area (Å²) >= 11 is 3.44. The first kappa shape index (κ1) is 10.3. The Morgan fingerprint density at radius 3 is 2.62 bits per heavy atom. The summed E-state index contributed by atoms with van der Waals surface area (Å²) in [5.74, 6) is 0.509. The molecular weight excluding hydrogens is 226 g/mol. The maximum absolute atomic E-state index is 8.57. The molecule has 0 aliphatic heterocycles. The van der Waals surface area contributed by atoms with Crippen molar-refractivity contribution in [3.05, 3.63) is 33.8 Å². The van der Waals surface area contributed by atoms with Crippen LogP contribution in [-0.2, 0) is 6.42 Å². The number of nitrogens with zero attached hydrogens (tertiary/aromatic N) is 1. The lowest BCUT2D eigenvalue weighted by Gasteiger charge is -2.07. The van der Waals surface area contributed by atoms with E-state index in [-0.39, 0.29) is 0 Å². The fourth-order valence-electron chi connectivity index (χ4n) is 1.20. The number of hydrogen-bond acceptors (Lipinski definition) is 1. The Hall–Kier alpha value is -0.810. The zero-order chi connectivity index (χ0) is 9.84. The van der Waals surface area contributed by atoms with Gasteiger partial charge in [0.05, 0.1) is 12.5 Å². The molecule has 0 spiro atoms. The zero-order valence-corrected chi connectivity index (χ0v) is 9.43. The van der Waals surface area contributed by atoms with Gasteiger partial charge in [-0.15, -0.1) is 0 Å². The third kappa shape index (κ3) is 2.86. The van der Waals surface area contributed by atoms with Crippen molar-refractivity contribution in [2.45, 2.75) is 26.2 Å². The summed E-state index contributed by atoms with van der Waals surface area (Å²) in [6, 6.07) is 8.35. The minimum atomic E-state index is 0.485. The van der Waals surface area contributed by atoms with Crippen LogP contribution in [0, 0.1) is 11.3 Å². The first-order valence-electron chi connectivity index (χ1n) is 4.30. The van der Waals surface area contributed by atoms with E-state index < -0.39 is 0 Å². The molecule has 1 nitrogen and oxygen atoms in total. The number of hydrogen-bond donors (Lipinski definition) is 0. The SMILES string of the molecule is CC(C)c1cc(Br)cc(CC#N)c1. The molecule has 1 rings (SSSR count). The summed E-state index contributed by atoms with van der Waals surface area (Å²) in [5, 5.41) is 8.57. The molecule has 0 bridgehead atoms. The highest BCUT2D eigenvalue weighted by Crippen LogP contribution is 2.21. The Morgan fingerprint density at radius 2 is 2.08 bits per heavy atom. The van der Waals surface area contributed by atoms with Crippen LogP contribution in [-0.4, -0.2) is 0 Å². The standard InChI is InChI=1S/C11H12BrN/c1-8(2)10-5-9(3-4-13)6-11(12)7-10/h5-8H,3H2,1-2H3. The van der Waals surface area contributed by atoms with Gasteiger partial charge in [-0.25, -0.2) is 0 Å². The van der Waals surface area contributed by atoms with E-state index in [1.54, 1.807) is 0 Å². The molecule has 0 unspecified atom stereocenters. The lowest BCUT2D eigenvalue weighted by molar-refractivity contribution is 0.863. The molecule has 0 heterocycles. The molecule has 0 aliphatic carbocycles. The molecule has 0 aromatic heterocycles. The van der Waals surface area contributed by atoms with Crippen LogP contribution in [0.4, 0.5) is 0 Å². The highest BCUT2D eigenvalue weighted by atomic mass is 79.9. The number of nitriles is 1. The summed E-state index contributed by atoms with van der Waals surface area (Å²) in [6.45, 7) is 4.30. The Labute approximate surface area is 87.5 Å². The van der Waals surface area contributed by atoms with Gasteiger partial charge in [-0.1, -0.05) is 35.8 Å². The van der Waals surface area contributed by atoms with Gasteiger partial charge in [0, 0.05) is 4.47 Å². The summed E-state index contributed by atoms with van der Waals surface area (Å²) in [4.78, 5) is 0. The Kier molecular flexibility index (Phi) is 3.50. The summed E-state index contributed by atoms with van der Waals surface area (Å²) < 4.78 is 1.06. The largest absolute Gasteiger partial charge is 0.198 e. The smallest absolute Gasteiger partial charge is 0.0669 e. The van der Waals surface area contributed by atoms with Crippen molar-refractivity contribution in [3.63, 3.8) is 0 Å². The minimum absolute atomic E-state index is 0.485. The Morgan fingerprint density at radius 1 is 1.38 bits per heavy atom. The van der Waals surface area contributed by atoms with Gasteiger partial charge in [0.1, 0.15) is 0 Å². The van der Waals surface area contributed by atoms with E-state index in [0.717, 1.165) is 10.0 Å². The lowest BCUT2D eigenvalue weighted by atomic mass is 10.00. The van der Waals surface area contributed by atoms with Gasteiger partial charge in [0.15, 0.2) is 0 Å². The summed E-state index contributed by atoms with van der Waals surface area (Å²) in [7, 11) is 0. The molecule has 68 valence electrons. The fraction of sp³-hybridized carbons (Fsp3) is 0.364. The molecule has 1 aromatic rings. The number of benzene rings is 1. The van der Waals surface area contributed by atoms with Crippen molar-refractivity contribution in [1.82, 2.24) is 0 Å². The predicted octanol–water partition coefficient (Wildman–Crippen LogP) is 3.64. The second-order valence-electron chi connectivity index (χ2n) is 3.38. The van der Waals surface area contributed by atoms with Crippen LogP contribution in [0.25, 0.3) is 0 Å². The topological polar surface area (TPSA) is 23.8 Å². The molecule has 0 saturated heterocycles. The van der Waals surface area contributed by atoms with E-state index in [2.05, 4.69) is 48.0 Å². The van der Waals surface area contributed by atoms with E-state index in [1.807, 2.05) is 6.07 Å². The van der Waals surface area contributed by atoms with Gasteiger partial charge in [-0.2, -0.15) is 5.26 Å². The van der Waals surface area contributed by atoms with Crippen LogP contribution in [0.15, 0.2) is 22.7 Å². The summed E-state index contributed by atoms with van der Waals surface area (Å²) in [5.41, 5.74) is 2.36. The number of halogens is 1. The molecule has 0 radical (unpaired) electrons. The van der Waals surface area contributed by atoms with Crippen molar-refractivity contribution in [2.75, 3.05) is 0 Å². The van der Waals surface area contributed by atoms with E-state index >= 15 is 0 Å². The second-order valence-corrected chi connectivity index (χ2v) is 4.30. The maximum atomic E-state index is 8.57. The third-order valence-corrected chi connectivity index (χ3v) is 2.39. The van der Waals surface area contributed by atoms with E-state index in [0.29, 0.717) is 12.3 Å². The van der Waals surface area contributed by atoms with E-state index in [4.69, 9.17) is 5.26 Å². The van der Waals surface area contributed by atoms with Crippen LogP contribution < -0.4 is 0 Å². The first-order valence-corrected chi connectivity index (χ1v) is 5.09. The zero-order valence-electron chi connectivity index (χ0n) is 7.84. The predicted molar refractivity (Wildman–Crippen MR) is 57.5 cm³/mol. The first-order chi connectivity index (χ1) is 6.13. The van der Waals surface area contributed by atoms with Crippen molar-refractivity contribution in [2.24, 2.45) is 0 Å². The molecule has 2 heteroatoms. The van der Waals surface area contributed by atoms with Crippen molar-refractivity contribution in [3.8, 4) is 6.07 Å².